The molecule has 0 unspecified atom stereocenters. The van der Waals surface area contributed by atoms with E-state index in [-0.39, 0.29) is 11.4 Å². The van der Waals surface area contributed by atoms with Gasteiger partial charge in [0.1, 0.15) is 17.9 Å². The summed E-state index contributed by atoms with van der Waals surface area (Å²) in [6.45, 7) is 0.323. The van der Waals surface area contributed by atoms with Crippen LogP contribution in [-0.2, 0) is 6.61 Å². The molecule has 2 aromatic heterocycles. The van der Waals surface area contributed by atoms with Crippen molar-refractivity contribution in [2.75, 3.05) is 14.2 Å². The topological polar surface area (TPSA) is 88.1 Å². The molecule has 8 nitrogen and oxygen atoms in total. The summed E-state index contributed by atoms with van der Waals surface area (Å²) in [6.07, 6.45) is 1.56. The van der Waals surface area contributed by atoms with Crippen molar-refractivity contribution < 1.29 is 18.6 Å². The zero-order valence-corrected chi connectivity index (χ0v) is 24.8. The molecule has 4 aromatic carbocycles. The first-order valence-corrected chi connectivity index (χ1v) is 14.0. The van der Waals surface area contributed by atoms with Crippen LogP contribution in [0.25, 0.3) is 33.5 Å². The predicted octanol–water partition coefficient (Wildman–Crippen LogP) is 7.70. The van der Waals surface area contributed by atoms with E-state index in [1.165, 1.54) is 4.68 Å². The van der Waals surface area contributed by atoms with Crippen molar-refractivity contribution in [3.63, 3.8) is 0 Å². The first kappa shape index (κ1) is 27.6. The highest BCUT2D eigenvalue weighted by molar-refractivity contribution is 9.10. The van der Waals surface area contributed by atoms with E-state index in [2.05, 4.69) is 21.0 Å². The predicted molar refractivity (Wildman–Crippen MR) is 167 cm³/mol. The first-order chi connectivity index (χ1) is 20.4. The van der Waals surface area contributed by atoms with E-state index in [9.17, 15) is 4.79 Å². The molecule has 0 spiro atoms. The van der Waals surface area contributed by atoms with Gasteiger partial charge < -0.3 is 18.6 Å². The summed E-state index contributed by atoms with van der Waals surface area (Å²) in [5.41, 5.74) is 2.41. The molecule has 10 heteroatoms. The van der Waals surface area contributed by atoms with Gasteiger partial charge in [-0.1, -0.05) is 41.9 Å². The maximum atomic E-state index is 13.6. The van der Waals surface area contributed by atoms with Gasteiger partial charge in [-0.05, 0) is 81.7 Å². The van der Waals surface area contributed by atoms with Crippen LogP contribution >= 0.6 is 27.5 Å². The molecule has 0 amide bonds. The van der Waals surface area contributed by atoms with Crippen molar-refractivity contribution in [2.24, 2.45) is 5.10 Å². The zero-order chi connectivity index (χ0) is 29.2. The lowest BCUT2D eigenvalue weighted by molar-refractivity contribution is 0.282. The summed E-state index contributed by atoms with van der Waals surface area (Å²) in [6, 6.07) is 25.4. The molecule has 6 rings (SSSR count). The number of fused-ring (bicyclic) bond motifs is 2. The molecule has 0 saturated carbocycles. The van der Waals surface area contributed by atoms with E-state index in [0.717, 1.165) is 10.9 Å². The molecule has 210 valence electrons. The Kier molecular flexibility index (Phi) is 7.69. The molecule has 42 heavy (non-hydrogen) atoms. The van der Waals surface area contributed by atoms with Gasteiger partial charge in [-0.3, -0.25) is 4.79 Å². The van der Waals surface area contributed by atoms with Gasteiger partial charge in [0, 0.05) is 5.02 Å². The maximum Gasteiger partial charge on any atom is 0.282 e. The highest BCUT2D eigenvalue weighted by Crippen LogP contribution is 2.37. The molecular weight excluding hydrogens is 622 g/mol. The van der Waals surface area contributed by atoms with Crippen LogP contribution in [0.4, 0.5) is 0 Å². The Hall–Kier alpha value is -4.60. The summed E-state index contributed by atoms with van der Waals surface area (Å²) in [7, 11) is 3.15. The molecule has 0 N–H and O–H groups in total. The van der Waals surface area contributed by atoms with Crippen LogP contribution in [-0.4, -0.2) is 30.1 Å². The Morgan fingerprint density at radius 2 is 1.74 bits per heavy atom. The highest BCUT2D eigenvalue weighted by Gasteiger charge is 2.18. The second-order valence-electron chi connectivity index (χ2n) is 9.25. The Morgan fingerprint density at radius 1 is 0.952 bits per heavy atom. The van der Waals surface area contributed by atoms with Gasteiger partial charge in [-0.2, -0.15) is 9.78 Å². The van der Waals surface area contributed by atoms with E-state index >= 15 is 0 Å². The summed E-state index contributed by atoms with van der Waals surface area (Å²) in [5, 5.41) is 6.40. The number of para-hydroxylation sites is 1. The minimum Gasteiger partial charge on any atom is -0.496 e. The van der Waals surface area contributed by atoms with Crippen molar-refractivity contribution in [1.29, 1.82) is 0 Å². The van der Waals surface area contributed by atoms with E-state index in [1.807, 2.05) is 54.6 Å². The number of rotatable bonds is 8. The maximum absolute atomic E-state index is 13.6. The molecule has 0 fully saturated rings. The number of ether oxygens (including phenoxy) is 3. The quantitative estimate of drug-likeness (QED) is 0.158. The summed E-state index contributed by atoms with van der Waals surface area (Å²) in [5.74, 6) is 2.30. The molecule has 0 aliphatic carbocycles. The second kappa shape index (κ2) is 11.7. The first-order valence-electron chi connectivity index (χ1n) is 12.8. The summed E-state index contributed by atoms with van der Waals surface area (Å²) in [4.78, 5) is 18.4. The number of hydrogen-bond donors (Lipinski definition) is 0. The molecule has 2 heterocycles. The molecule has 0 atom stereocenters. The Labute approximate surface area is 253 Å². The van der Waals surface area contributed by atoms with Gasteiger partial charge >= 0.3 is 0 Å². The molecule has 0 bridgehead atoms. The van der Waals surface area contributed by atoms with Crippen LogP contribution in [0, 0.1) is 0 Å². The molecule has 0 saturated heterocycles. The fraction of sp³-hybridized carbons (Fsp3) is 0.0938. The van der Waals surface area contributed by atoms with Crippen LogP contribution in [0.1, 0.15) is 11.1 Å². The number of aromatic nitrogens is 2. The SMILES string of the molecule is COc1cc(C=Nn2c(-c3cc4c(OC)cccc4o3)nc3ccccc3c2=O)cc(Br)c1OCc1ccc(Cl)cc1. The van der Waals surface area contributed by atoms with Crippen molar-refractivity contribution in [1.82, 2.24) is 9.66 Å². The van der Waals surface area contributed by atoms with Crippen molar-refractivity contribution in [2.45, 2.75) is 6.61 Å². The minimum atomic E-state index is -0.340. The number of halogens is 2. The van der Waals surface area contributed by atoms with Crippen LogP contribution in [0.3, 0.4) is 0 Å². The monoisotopic (exact) mass is 643 g/mol. The van der Waals surface area contributed by atoms with Gasteiger partial charge in [-0.15, -0.1) is 0 Å². The highest BCUT2D eigenvalue weighted by atomic mass is 79.9. The van der Waals surface area contributed by atoms with Crippen LogP contribution in [0.5, 0.6) is 17.2 Å². The Balaban J connectivity index is 1.40. The summed E-state index contributed by atoms with van der Waals surface area (Å²) >= 11 is 9.58. The van der Waals surface area contributed by atoms with Crippen LogP contribution in [0.2, 0.25) is 5.02 Å². The number of hydrogen-bond acceptors (Lipinski definition) is 7. The lowest BCUT2D eigenvalue weighted by Gasteiger charge is -2.14. The zero-order valence-electron chi connectivity index (χ0n) is 22.5. The molecular formula is C32H23BrClN3O5. The third-order valence-corrected chi connectivity index (χ3v) is 7.43. The average Bonchev–Trinajstić information content (AvgIpc) is 3.45. The van der Waals surface area contributed by atoms with Gasteiger partial charge in [0.2, 0.25) is 5.82 Å². The second-order valence-corrected chi connectivity index (χ2v) is 10.5. The number of benzene rings is 4. The summed E-state index contributed by atoms with van der Waals surface area (Å²) < 4.78 is 25.1. The lowest BCUT2D eigenvalue weighted by Crippen LogP contribution is -2.20. The molecule has 0 radical (unpaired) electrons. The van der Waals surface area contributed by atoms with Gasteiger partial charge in [0.15, 0.2) is 17.3 Å². The third-order valence-electron chi connectivity index (χ3n) is 6.59. The Bertz CT molecular complexity index is 2020. The Morgan fingerprint density at radius 3 is 2.52 bits per heavy atom. The number of methoxy groups -OCH3 is 2. The minimum absolute atomic E-state index is 0.252. The van der Waals surface area contributed by atoms with E-state index in [0.29, 0.717) is 61.2 Å². The molecule has 0 aliphatic heterocycles. The fourth-order valence-corrected chi connectivity index (χ4v) is 5.23. The number of nitrogens with zero attached hydrogens (tertiary/aromatic N) is 3. The van der Waals surface area contributed by atoms with E-state index in [1.54, 1.807) is 50.8 Å². The average molecular weight is 645 g/mol. The van der Waals surface area contributed by atoms with E-state index < -0.39 is 0 Å². The van der Waals surface area contributed by atoms with Crippen molar-refractivity contribution >= 4 is 55.6 Å². The van der Waals surface area contributed by atoms with Crippen LogP contribution in [0.15, 0.2) is 104 Å². The number of furan rings is 1. The smallest absolute Gasteiger partial charge is 0.282 e. The lowest BCUT2D eigenvalue weighted by atomic mass is 10.2. The van der Waals surface area contributed by atoms with Crippen LogP contribution < -0.4 is 19.8 Å². The van der Waals surface area contributed by atoms with Crippen molar-refractivity contribution in [3.05, 3.63) is 116 Å². The largest absolute Gasteiger partial charge is 0.496 e. The fourth-order valence-electron chi connectivity index (χ4n) is 4.53. The third kappa shape index (κ3) is 5.36. The standard InChI is InChI=1S/C32H23BrClN3O5/c1-39-26-8-5-9-27-23(26)16-29(42-27)31-36-25-7-4-3-6-22(25)32(38)37(31)35-17-20-14-24(33)30(28(15-20)40-2)41-18-19-10-12-21(34)13-11-19/h3-17H,18H2,1-2H3. The molecule has 0 aliphatic rings. The normalized spacial score (nSPS) is 11.4. The van der Waals surface area contributed by atoms with Gasteiger partial charge in [0.25, 0.3) is 5.56 Å². The van der Waals surface area contributed by atoms with Crippen molar-refractivity contribution in [3.8, 4) is 28.8 Å². The molecule has 6 aromatic rings. The van der Waals surface area contributed by atoms with Gasteiger partial charge in [-0.25, -0.2) is 4.98 Å². The van der Waals surface area contributed by atoms with E-state index in [4.69, 9.17) is 35.2 Å². The van der Waals surface area contributed by atoms with Gasteiger partial charge in [0.05, 0.1) is 41.2 Å².